The summed E-state index contributed by atoms with van der Waals surface area (Å²) in [5, 5.41) is 17.6. The number of pyridine rings is 1. The number of hydrogen-bond acceptors (Lipinski definition) is 3. The Morgan fingerprint density at radius 3 is 2.58 bits per heavy atom. The summed E-state index contributed by atoms with van der Waals surface area (Å²) in [5.41, 5.74) is 0.960. The summed E-state index contributed by atoms with van der Waals surface area (Å²) in [6.45, 7) is 1.05. The highest BCUT2D eigenvalue weighted by Crippen LogP contribution is 2.01. The largest absolute Gasteiger partial charge is 0.391 e. The molecule has 0 fully saturated rings. The standard InChI is InChI=1S/C8H11NO3/c1-5-2-9-7(4-11)6(3-10)8(5)12/h2,10-11H,3-4H2,1H3,(H,9,12). The van der Waals surface area contributed by atoms with Crippen molar-refractivity contribution in [2.75, 3.05) is 0 Å². The van der Waals surface area contributed by atoms with Gasteiger partial charge in [0.25, 0.3) is 0 Å². The Hall–Kier alpha value is -1.13. The Balaban J connectivity index is 3.36. The molecular weight excluding hydrogens is 158 g/mol. The molecule has 0 unspecified atom stereocenters. The third-order valence-electron chi connectivity index (χ3n) is 1.78. The summed E-state index contributed by atoms with van der Waals surface area (Å²) < 4.78 is 0. The maximum Gasteiger partial charge on any atom is 0.190 e. The number of aliphatic hydroxyl groups excluding tert-OH is 2. The summed E-state index contributed by atoms with van der Waals surface area (Å²) in [6.07, 6.45) is 1.52. The molecule has 4 heteroatoms. The van der Waals surface area contributed by atoms with E-state index in [4.69, 9.17) is 10.2 Å². The molecule has 1 aromatic heterocycles. The second-order valence-corrected chi connectivity index (χ2v) is 2.57. The first kappa shape index (κ1) is 8.96. The van der Waals surface area contributed by atoms with E-state index in [9.17, 15) is 4.79 Å². The number of hydrogen-bond donors (Lipinski definition) is 3. The molecule has 12 heavy (non-hydrogen) atoms. The minimum atomic E-state index is -0.340. The van der Waals surface area contributed by atoms with Crippen LogP contribution in [0.3, 0.4) is 0 Å². The van der Waals surface area contributed by atoms with Crippen LogP contribution in [0, 0.1) is 6.92 Å². The van der Waals surface area contributed by atoms with Gasteiger partial charge in [0.1, 0.15) is 0 Å². The van der Waals surface area contributed by atoms with Gasteiger partial charge in [0.2, 0.25) is 0 Å². The van der Waals surface area contributed by atoms with Gasteiger partial charge in [0.05, 0.1) is 18.9 Å². The number of nitrogens with one attached hydrogen (secondary N) is 1. The van der Waals surface area contributed by atoms with Crippen molar-refractivity contribution in [1.82, 2.24) is 4.98 Å². The van der Waals surface area contributed by atoms with Gasteiger partial charge in [-0.3, -0.25) is 4.79 Å². The molecule has 0 aromatic carbocycles. The fourth-order valence-electron chi connectivity index (χ4n) is 1.03. The molecule has 0 aliphatic heterocycles. The first-order chi connectivity index (χ1) is 5.70. The zero-order chi connectivity index (χ0) is 9.14. The molecule has 0 spiro atoms. The Labute approximate surface area is 69.5 Å². The predicted molar refractivity (Wildman–Crippen MR) is 43.6 cm³/mol. The zero-order valence-electron chi connectivity index (χ0n) is 6.79. The SMILES string of the molecule is Cc1c[nH]c(CO)c(CO)c1=O. The summed E-state index contributed by atoms with van der Waals surface area (Å²) in [4.78, 5) is 14.0. The second kappa shape index (κ2) is 3.51. The fraction of sp³-hybridized carbons (Fsp3) is 0.375. The van der Waals surface area contributed by atoms with Crippen LogP contribution in [-0.4, -0.2) is 15.2 Å². The average Bonchev–Trinajstić information content (AvgIpc) is 2.09. The van der Waals surface area contributed by atoms with E-state index < -0.39 is 0 Å². The van der Waals surface area contributed by atoms with Crippen molar-refractivity contribution in [2.45, 2.75) is 20.1 Å². The van der Waals surface area contributed by atoms with Crippen molar-refractivity contribution in [3.63, 3.8) is 0 Å². The van der Waals surface area contributed by atoms with Gasteiger partial charge in [-0.15, -0.1) is 0 Å². The second-order valence-electron chi connectivity index (χ2n) is 2.57. The van der Waals surface area contributed by atoms with E-state index >= 15 is 0 Å². The van der Waals surface area contributed by atoms with Crippen LogP contribution in [0.1, 0.15) is 16.8 Å². The molecule has 1 heterocycles. The Morgan fingerprint density at radius 2 is 2.08 bits per heavy atom. The molecule has 0 aliphatic rings. The first-order valence-corrected chi connectivity index (χ1v) is 3.62. The van der Waals surface area contributed by atoms with E-state index in [0.717, 1.165) is 0 Å². The summed E-state index contributed by atoms with van der Waals surface area (Å²) in [5.74, 6) is 0. The third-order valence-corrected chi connectivity index (χ3v) is 1.78. The number of aliphatic hydroxyl groups is 2. The molecular formula is C8H11NO3. The lowest BCUT2D eigenvalue weighted by Gasteiger charge is -2.03. The van der Waals surface area contributed by atoms with Crippen LogP contribution >= 0.6 is 0 Å². The summed E-state index contributed by atoms with van der Waals surface area (Å²) in [6, 6.07) is 0. The van der Waals surface area contributed by atoms with Crippen LogP contribution in [0.5, 0.6) is 0 Å². The fourth-order valence-corrected chi connectivity index (χ4v) is 1.03. The van der Waals surface area contributed by atoms with Gasteiger partial charge in [-0.05, 0) is 6.92 Å². The van der Waals surface area contributed by atoms with Gasteiger partial charge in [0.15, 0.2) is 5.43 Å². The van der Waals surface area contributed by atoms with E-state index in [1.807, 2.05) is 0 Å². The van der Waals surface area contributed by atoms with Gasteiger partial charge in [0, 0.05) is 17.3 Å². The molecule has 66 valence electrons. The van der Waals surface area contributed by atoms with Crippen molar-refractivity contribution in [3.05, 3.63) is 33.2 Å². The number of aromatic amines is 1. The van der Waals surface area contributed by atoms with E-state index in [-0.39, 0.29) is 24.2 Å². The minimum absolute atomic E-state index is 0.208. The number of aromatic nitrogens is 1. The zero-order valence-corrected chi connectivity index (χ0v) is 6.79. The molecule has 0 amide bonds. The van der Waals surface area contributed by atoms with E-state index in [2.05, 4.69) is 4.98 Å². The van der Waals surface area contributed by atoms with E-state index in [0.29, 0.717) is 11.3 Å². The lowest BCUT2D eigenvalue weighted by molar-refractivity contribution is 0.255. The lowest BCUT2D eigenvalue weighted by Crippen LogP contribution is -2.16. The van der Waals surface area contributed by atoms with Crippen LogP contribution in [0.4, 0.5) is 0 Å². The highest BCUT2D eigenvalue weighted by molar-refractivity contribution is 5.23. The summed E-state index contributed by atoms with van der Waals surface area (Å²) in [7, 11) is 0. The Morgan fingerprint density at radius 1 is 1.42 bits per heavy atom. The molecule has 0 radical (unpaired) electrons. The number of aryl methyl sites for hydroxylation is 1. The highest BCUT2D eigenvalue weighted by atomic mass is 16.3. The molecule has 1 rings (SSSR count). The lowest BCUT2D eigenvalue weighted by atomic mass is 10.1. The number of rotatable bonds is 2. The quantitative estimate of drug-likeness (QED) is 0.567. The summed E-state index contributed by atoms with van der Waals surface area (Å²) >= 11 is 0. The normalized spacial score (nSPS) is 10.2. The van der Waals surface area contributed by atoms with Crippen molar-refractivity contribution < 1.29 is 10.2 Å². The van der Waals surface area contributed by atoms with Crippen LogP contribution in [0.15, 0.2) is 11.0 Å². The molecule has 0 aliphatic carbocycles. The molecule has 0 bridgehead atoms. The molecule has 3 N–H and O–H groups in total. The smallest absolute Gasteiger partial charge is 0.190 e. The first-order valence-electron chi connectivity index (χ1n) is 3.62. The van der Waals surface area contributed by atoms with E-state index in [1.165, 1.54) is 6.20 Å². The van der Waals surface area contributed by atoms with Gasteiger partial charge >= 0.3 is 0 Å². The maximum absolute atomic E-state index is 11.3. The monoisotopic (exact) mass is 169 g/mol. The Kier molecular flexibility index (Phi) is 2.62. The van der Waals surface area contributed by atoms with E-state index in [1.54, 1.807) is 6.92 Å². The van der Waals surface area contributed by atoms with Gasteiger partial charge in [-0.1, -0.05) is 0 Å². The Bertz CT molecular complexity index is 330. The maximum atomic E-state index is 11.3. The minimum Gasteiger partial charge on any atom is -0.391 e. The van der Waals surface area contributed by atoms with Crippen molar-refractivity contribution in [1.29, 1.82) is 0 Å². The van der Waals surface area contributed by atoms with Crippen LogP contribution in [-0.2, 0) is 13.2 Å². The predicted octanol–water partition coefficient (Wildman–Crippen LogP) is -0.332. The van der Waals surface area contributed by atoms with Crippen molar-refractivity contribution in [2.24, 2.45) is 0 Å². The van der Waals surface area contributed by atoms with Crippen molar-refractivity contribution >= 4 is 0 Å². The van der Waals surface area contributed by atoms with Crippen LogP contribution in [0.25, 0.3) is 0 Å². The average molecular weight is 169 g/mol. The molecule has 4 nitrogen and oxygen atoms in total. The van der Waals surface area contributed by atoms with Gasteiger partial charge in [-0.25, -0.2) is 0 Å². The topological polar surface area (TPSA) is 73.3 Å². The van der Waals surface area contributed by atoms with Crippen LogP contribution in [0.2, 0.25) is 0 Å². The van der Waals surface area contributed by atoms with Crippen molar-refractivity contribution in [3.8, 4) is 0 Å². The van der Waals surface area contributed by atoms with Crippen LogP contribution < -0.4 is 5.43 Å². The molecule has 0 saturated carbocycles. The highest BCUT2D eigenvalue weighted by Gasteiger charge is 2.06. The molecule has 1 aromatic rings. The third kappa shape index (κ3) is 1.39. The number of H-pyrrole nitrogens is 1. The van der Waals surface area contributed by atoms with Gasteiger partial charge < -0.3 is 15.2 Å². The van der Waals surface area contributed by atoms with Gasteiger partial charge in [-0.2, -0.15) is 0 Å². The molecule has 0 atom stereocenters. The molecule has 0 saturated heterocycles.